The van der Waals surface area contributed by atoms with Gasteiger partial charge >= 0.3 is 11.9 Å². The normalized spacial score (nSPS) is 10.8. The molecule has 5 heteroatoms. The van der Waals surface area contributed by atoms with Crippen LogP contribution in [0.5, 0.6) is 5.75 Å². The Morgan fingerprint density at radius 2 is 1.17 bits per heavy atom. The van der Waals surface area contributed by atoms with Gasteiger partial charge in [-0.3, -0.25) is 9.59 Å². The minimum absolute atomic E-state index is 0.285. The Morgan fingerprint density at radius 1 is 0.700 bits per heavy atom. The van der Waals surface area contributed by atoms with Gasteiger partial charge in [0, 0.05) is 12.8 Å². The van der Waals surface area contributed by atoms with Gasteiger partial charge in [0.15, 0.2) is 0 Å². The molecule has 1 rings (SSSR count). The molecule has 0 aliphatic heterocycles. The molecule has 0 unspecified atom stereocenters. The number of hydrogen-bond donors (Lipinski definition) is 2. The first kappa shape index (κ1) is 26.0. The fourth-order valence-corrected chi connectivity index (χ4v) is 3.90. The van der Waals surface area contributed by atoms with E-state index in [1.165, 1.54) is 30.4 Å². The van der Waals surface area contributed by atoms with Gasteiger partial charge in [0.1, 0.15) is 5.75 Å². The van der Waals surface area contributed by atoms with Crippen molar-refractivity contribution in [2.24, 2.45) is 0 Å². The standard InChI is InChI=1S/C25H40O5/c1-30-23-18-14-16-21(15-10-6-2-4-8-12-19-24(26)27)22(23)17-11-7-3-5-9-13-20-25(28)29/h14,16,18H,2-13,15,17,19-20H2,1H3,(H,26,27)(H,28,29). The molecular weight excluding hydrogens is 380 g/mol. The molecule has 0 bridgehead atoms. The summed E-state index contributed by atoms with van der Waals surface area (Å²) in [6, 6.07) is 6.34. The van der Waals surface area contributed by atoms with Gasteiger partial charge in [0.05, 0.1) is 7.11 Å². The number of carboxylic acid groups (broad SMARTS) is 2. The number of aryl methyl sites for hydroxylation is 1. The first-order valence-corrected chi connectivity index (χ1v) is 11.6. The van der Waals surface area contributed by atoms with E-state index in [4.69, 9.17) is 14.9 Å². The predicted molar refractivity (Wildman–Crippen MR) is 120 cm³/mol. The summed E-state index contributed by atoms with van der Waals surface area (Å²) in [4.78, 5) is 21.0. The van der Waals surface area contributed by atoms with Gasteiger partial charge in [0.25, 0.3) is 0 Å². The Bertz CT molecular complexity index is 612. The van der Waals surface area contributed by atoms with E-state index < -0.39 is 11.9 Å². The Morgan fingerprint density at radius 3 is 1.67 bits per heavy atom. The highest BCUT2D eigenvalue weighted by atomic mass is 16.5. The zero-order valence-electron chi connectivity index (χ0n) is 18.7. The summed E-state index contributed by atoms with van der Waals surface area (Å²) in [7, 11) is 1.74. The molecule has 0 fully saturated rings. The third kappa shape index (κ3) is 12.5. The molecule has 5 nitrogen and oxygen atoms in total. The molecule has 2 N–H and O–H groups in total. The topological polar surface area (TPSA) is 83.8 Å². The van der Waals surface area contributed by atoms with E-state index >= 15 is 0 Å². The van der Waals surface area contributed by atoms with Crippen molar-refractivity contribution in [3.63, 3.8) is 0 Å². The van der Waals surface area contributed by atoms with Crippen molar-refractivity contribution in [1.29, 1.82) is 0 Å². The van der Waals surface area contributed by atoms with Crippen LogP contribution in [0.1, 0.15) is 101 Å². The second kappa shape index (κ2) is 16.7. The third-order valence-electron chi connectivity index (χ3n) is 5.60. The number of aliphatic carboxylic acids is 2. The van der Waals surface area contributed by atoms with Crippen molar-refractivity contribution >= 4 is 11.9 Å². The molecule has 30 heavy (non-hydrogen) atoms. The number of rotatable bonds is 19. The summed E-state index contributed by atoms with van der Waals surface area (Å²) >= 11 is 0. The molecule has 0 spiro atoms. The average molecular weight is 421 g/mol. The van der Waals surface area contributed by atoms with E-state index in [1.54, 1.807) is 7.11 Å². The molecule has 0 atom stereocenters. The molecule has 0 radical (unpaired) electrons. The van der Waals surface area contributed by atoms with Gasteiger partial charge in [-0.25, -0.2) is 0 Å². The fourth-order valence-electron chi connectivity index (χ4n) is 3.90. The lowest BCUT2D eigenvalue weighted by molar-refractivity contribution is -0.138. The molecule has 0 aliphatic carbocycles. The quantitative estimate of drug-likeness (QED) is 0.253. The third-order valence-corrected chi connectivity index (χ3v) is 5.60. The highest BCUT2D eigenvalue weighted by Gasteiger charge is 2.09. The molecule has 1 aromatic carbocycles. The Balaban J connectivity index is 2.28. The van der Waals surface area contributed by atoms with Gasteiger partial charge < -0.3 is 14.9 Å². The zero-order chi connectivity index (χ0) is 22.0. The van der Waals surface area contributed by atoms with Crippen LogP contribution in [0.2, 0.25) is 0 Å². The van der Waals surface area contributed by atoms with Crippen molar-refractivity contribution < 1.29 is 24.5 Å². The molecule has 0 saturated carbocycles. The minimum Gasteiger partial charge on any atom is -0.496 e. The van der Waals surface area contributed by atoms with Crippen LogP contribution in [0.15, 0.2) is 18.2 Å². The minimum atomic E-state index is -0.697. The maximum absolute atomic E-state index is 10.5. The SMILES string of the molecule is COc1cccc(CCCCCCCCC(=O)O)c1CCCCCCCCC(=O)O. The first-order valence-electron chi connectivity index (χ1n) is 11.6. The summed E-state index contributed by atoms with van der Waals surface area (Å²) < 4.78 is 5.61. The second-order valence-electron chi connectivity index (χ2n) is 8.13. The van der Waals surface area contributed by atoms with E-state index in [0.717, 1.165) is 76.4 Å². The second-order valence-corrected chi connectivity index (χ2v) is 8.13. The molecule has 0 aliphatic rings. The summed E-state index contributed by atoms with van der Waals surface area (Å²) in [6.07, 6.45) is 15.4. The molecule has 170 valence electrons. The molecule has 0 amide bonds. The summed E-state index contributed by atoms with van der Waals surface area (Å²) in [5.41, 5.74) is 2.73. The number of unbranched alkanes of at least 4 members (excludes halogenated alkanes) is 10. The Kier molecular flexibility index (Phi) is 14.5. The summed E-state index contributed by atoms with van der Waals surface area (Å²) in [5.74, 6) is -0.404. The molecular formula is C25H40O5. The van der Waals surface area contributed by atoms with Crippen LogP contribution in [0.4, 0.5) is 0 Å². The highest BCUT2D eigenvalue weighted by Crippen LogP contribution is 2.26. The van der Waals surface area contributed by atoms with E-state index in [-0.39, 0.29) is 12.8 Å². The van der Waals surface area contributed by atoms with Crippen LogP contribution >= 0.6 is 0 Å². The average Bonchev–Trinajstić information content (AvgIpc) is 2.71. The molecule has 0 heterocycles. The van der Waals surface area contributed by atoms with Crippen LogP contribution in [0.25, 0.3) is 0 Å². The smallest absolute Gasteiger partial charge is 0.303 e. The van der Waals surface area contributed by atoms with E-state index in [1.807, 2.05) is 6.07 Å². The van der Waals surface area contributed by atoms with E-state index in [9.17, 15) is 9.59 Å². The van der Waals surface area contributed by atoms with E-state index in [0.29, 0.717) is 0 Å². The largest absolute Gasteiger partial charge is 0.496 e. The number of hydrogen-bond acceptors (Lipinski definition) is 3. The van der Waals surface area contributed by atoms with E-state index in [2.05, 4.69) is 12.1 Å². The van der Waals surface area contributed by atoms with Gasteiger partial charge in [0.2, 0.25) is 0 Å². The number of benzene rings is 1. The van der Waals surface area contributed by atoms with Gasteiger partial charge in [-0.15, -0.1) is 0 Å². The Hall–Kier alpha value is -2.04. The van der Waals surface area contributed by atoms with Crippen LogP contribution in [-0.4, -0.2) is 29.3 Å². The predicted octanol–water partition coefficient (Wildman–Crippen LogP) is 6.41. The van der Waals surface area contributed by atoms with Crippen molar-refractivity contribution in [1.82, 2.24) is 0 Å². The molecule has 0 saturated heterocycles. The molecule has 0 aromatic heterocycles. The first-order chi connectivity index (χ1) is 14.5. The lowest BCUT2D eigenvalue weighted by Crippen LogP contribution is -2.00. The Labute approximate surface area is 181 Å². The lowest BCUT2D eigenvalue weighted by Gasteiger charge is -2.14. The highest BCUT2D eigenvalue weighted by molar-refractivity contribution is 5.66. The van der Waals surface area contributed by atoms with Crippen LogP contribution in [0, 0.1) is 0 Å². The maximum Gasteiger partial charge on any atom is 0.303 e. The van der Waals surface area contributed by atoms with Crippen LogP contribution in [0.3, 0.4) is 0 Å². The molecule has 1 aromatic rings. The number of carbonyl (C=O) groups is 2. The maximum atomic E-state index is 10.5. The summed E-state index contributed by atoms with van der Waals surface area (Å²) in [5, 5.41) is 17.3. The zero-order valence-corrected chi connectivity index (χ0v) is 18.7. The monoisotopic (exact) mass is 420 g/mol. The van der Waals surface area contributed by atoms with Crippen molar-refractivity contribution in [3.8, 4) is 5.75 Å². The van der Waals surface area contributed by atoms with Gasteiger partial charge in [-0.05, 0) is 55.7 Å². The number of methoxy groups -OCH3 is 1. The number of ether oxygens (including phenoxy) is 1. The van der Waals surface area contributed by atoms with Crippen molar-refractivity contribution in [3.05, 3.63) is 29.3 Å². The van der Waals surface area contributed by atoms with Crippen molar-refractivity contribution in [2.45, 2.75) is 103 Å². The summed E-state index contributed by atoms with van der Waals surface area (Å²) in [6.45, 7) is 0. The number of carboxylic acids is 2. The van der Waals surface area contributed by atoms with Gasteiger partial charge in [-0.1, -0.05) is 63.5 Å². The fraction of sp³-hybridized carbons (Fsp3) is 0.680. The van der Waals surface area contributed by atoms with Crippen LogP contribution < -0.4 is 4.74 Å². The lowest BCUT2D eigenvalue weighted by atomic mass is 9.95. The van der Waals surface area contributed by atoms with Gasteiger partial charge in [-0.2, -0.15) is 0 Å². The van der Waals surface area contributed by atoms with Crippen LogP contribution in [-0.2, 0) is 22.4 Å². The van der Waals surface area contributed by atoms with Crippen molar-refractivity contribution in [2.75, 3.05) is 7.11 Å².